The number of aliphatic carboxylic acids is 1. The van der Waals surface area contributed by atoms with Gasteiger partial charge in [0.25, 0.3) is 0 Å². The van der Waals surface area contributed by atoms with E-state index in [2.05, 4.69) is 4.98 Å². The summed E-state index contributed by atoms with van der Waals surface area (Å²) < 4.78 is 26.3. The summed E-state index contributed by atoms with van der Waals surface area (Å²) in [7, 11) is 0. The summed E-state index contributed by atoms with van der Waals surface area (Å²) in [5, 5.41) is 18.7. The number of pyridine rings is 1. The molecule has 2 aliphatic rings. The van der Waals surface area contributed by atoms with E-state index in [-0.39, 0.29) is 30.2 Å². The molecule has 2 aromatic carbocycles. The van der Waals surface area contributed by atoms with E-state index in [4.69, 9.17) is 9.47 Å². The van der Waals surface area contributed by atoms with E-state index in [1.807, 2.05) is 32.0 Å². The molecule has 188 valence electrons. The van der Waals surface area contributed by atoms with Gasteiger partial charge in [0.15, 0.2) is 0 Å². The number of hydrogen-bond donors (Lipinski definition) is 2. The second-order valence-electron chi connectivity index (χ2n) is 9.99. The predicted molar refractivity (Wildman–Crippen MR) is 133 cm³/mol. The third-order valence-corrected chi connectivity index (χ3v) is 7.29. The van der Waals surface area contributed by atoms with Crippen LogP contribution in [-0.4, -0.2) is 33.9 Å². The van der Waals surface area contributed by atoms with Crippen molar-refractivity contribution in [3.63, 3.8) is 0 Å². The number of benzene rings is 2. The molecule has 2 N–H and O–H groups in total. The number of carboxylic acid groups (broad SMARTS) is 1. The highest BCUT2D eigenvalue weighted by atomic mass is 19.1. The van der Waals surface area contributed by atoms with Crippen LogP contribution in [-0.2, 0) is 17.8 Å². The Hall–Kier alpha value is -3.45. The zero-order valence-corrected chi connectivity index (χ0v) is 20.6. The molecule has 0 amide bonds. The van der Waals surface area contributed by atoms with Gasteiger partial charge in [0.2, 0.25) is 5.88 Å². The molecule has 0 spiro atoms. The number of halogens is 1. The van der Waals surface area contributed by atoms with E-state index in [0.717, 1.165) is 45.6 Å². The Morgan fingerprint density at radius 1 is 1.17 bits per heavy atom. The average molecular weight is 492 g/mol. The minimum absolute atomic E-state index is 0.0364. The van der Waals surface area contributed by atoms with Crippen LogP contribution in [0, 0.1) is 31.5 Å². The summed E-state index contributed by atoms with van der Waals surface area (Å²) in [6, 6.07) is 10.8. The van der Waals surface area contributed by atoms with Gasteiger partial charge in [0.05, 0.1) is 18.6 Å². The van der Waals surface area contributed by atoms with E-state index in [0.29, 0.717) is 24.5 Å². The molecule has 0 bridgehead atoms. The van der Waals surface area contributed by atoms with Gasteiger partial charge in [-0.2, -0.15) is 0 Å². The minimum Gasteiger partial charge on any atom is -0.493 e. The predicted octanol–water partition coefficient (Wildman–Crippen LogP) is 5.20. The average Bonchev–Trinajstić information content (AvgIpc) is 3.41. The summed E-state index contributed by atoms with van der Waals surface area (Å²) in [4.78, 5) is 15.7. The number of nitrogens with zero attached hydrogens (tertiary/aromatic N) is 1. The molecule has 3 aromatic rings. The molecule has 7 heteroatoms. The van der Waals surface area contributed by atoms with Crippen LogP contribution in [0.5, 0.6) is 11.6 Å². The van der Waals surface area contributed by atoms with Crippen LogP contribution in [0.25, 0.3) is 11.1 Å². The Morgan fingerprint density at radius 3 is 2.61 bits per heavy atom. The van der Waals surface area contributed by atoms with Crippen molar-refractivity contribution in [1.82, 2.24) is 4.98 Å². The first-order valence-corrected chi connectivity index (χ1v) is 12.3. The maximum atomic E-state index is 14.7. The van der Waals surface area contributed by atoms with Gasteiger partial charge in [-0.1, -0.05) is 6.07 Å². The summed E-state index contributed by atoms with van der Waals surface area (Å²) in [5.41, 5.74) is 6.43. The van der Waals surface area contributed by atoms with E-state index >= 15 is 0 Å². The smallest absolute Gasteiger partial charge is 0.307 e. The molecule has 1 unspecified atom stereocenters. The number of hydrogen-bond acceptors (Lipinski definition) is 5. The lowest BCUT2D eigenvalue weighted by molar-refractivity contribution is -0.139. The van der Waals surface area contributed by atoms with E-state index in [9.17, 15) is 19.4 Å². The molecule has 1 saturated carbocycles. The fourth-order valence-electron chi connectivity index (χ4n) is 5.49. The molecular weight excluding hydrogens is 461 g/mol. The van der Waals surface area contributed by atoms with Crippen LogP contribution in [0.3, 0.4) is 0 Å². The van der Waals surface area contributed by atoms with Gasteiger partial charge in [-0.25, -0.2) is 9.37 Å². The van der Waals surface area contributed by atoms with Crippen LogP contribution >= 0.6 is 0 Å². The highest BCUT2D eigenvalue weighted by Gasteiger charge is 2.59. The number of carboxylic acids is 1. The molecule has 1 fully saturated rings. The maximum absolute atomic E-state index is 14.7. The molecule has 2 aliphatic carbocycles. The number of aromatic nitrogens is 1. The molecule has 36 heavy (non-hydrogen) atoms. The van der Waals surface area contributed by atoms with Gasteiger partial charge in [-0.3, -0.25) is 4.79 Å². The fraction of sp³-hybridized carbons (Fsp3) is 0.379. The number of aryl methyl sites for hydroxylation is 2. The standard InChI is InChI=1S/C29H30FNO5/c1-15-8-21(35-7-6-17(3)32)9-16(2)26(15)18-4-5-24(30)20(10-18)14-36-25-12-19-11-22-27(23(19)13-31-25)28(22)29(33)34/h4-5,8-10,12-13,17,22,27-28,32H,6-7,11,14H2,1-3H3,(H,33,34)/t17?,22-,27-,28+/m1/s1. The molecule has 0 saturated heterocycles. The number of carbonyl (C=O) groups is 1. The molecular formula is C29H30FNO5. The summed E-state index contributed by atoms with van der Waals surface area (Å²) in [5.74, 6) is 0.00143. The van der Waals surface area contributed by atoms with Gasteiger partial charge < -0.3 is 19.7 Å². The summed E-state index contributed by atoms with van der Waals surface area (Å²) in [6.45, 7) is 6.20. The van der Waals surface area contributed by atoms with E-state index in [1.54, 1.807) is 25.3 Å². The first-order chi connectivity index (χ1) is 17.2. The number of rotatable bonds is 9. The Balaban J connectivity index is 1.29. The molecule has 1 heterocycles. The molecule has 6 nitrogen and oxygen atoms in total. The van der Waals surface area contributed by atoms with Crippen LogP contribution in [0.2, 0.25) is 0 Å². The van der Waals surface area contributed by atoms with E-state index in [1.165, 1.54) is 6.07 Å². The lowest BCUT2D eigenvalue weighted by Crippen LogP contribution is -2.07. The number of aliphatic hydroxyl groups is 1. The normalized spacial score (nSPS) is 20.4. The van der Waals surface area contributed by atoms with Crippen molar-refractivity contribution in [3.05, 3.63) is 76.2 Å². The third-order valence-electron chi connectivity index (χ3n) is 7.29. The third kappa shape index (κ3) is 4.67. The fourth-order valence-corrected chi connectivity index (χ4v) is 5.49. The number of ether oxygens (including phenoxy) is 2. The lowest BCUT2D eigenvalue weighted by atomic mass is 9.94. The maximum Gasteiger partial charge on any atom is 0.307 e. The zero-order valence-electron chi connectivity index (χ0n) is 20.6. The van der Waals surface area contributed by atoms with Crippen LogP contribution in [0.15, 0.2) is 42.6 Å². The van der Waals surface area contributed by atoms with Crippen molar-refractivity contribution >= 4 is 5.97 Å². The van der Waals surface area contributed by atoms with Crippen molar-refractivity contribution in [2.45, 2.75) is 52.2 Å². The quantitative estimate of drug-likeness (QED) is 0.428. The highest BCUT2D eigenvalue weighted by molar-refractivity contribution is 5.77. The van der Waals surface area contributed by atoms with Gasteiger partial charge in [-0.05, 0) is 90.8 Å². The van der Waals surface area contributed by atoms with E-state index < -0.39 is 12.1 Å². The highest BCUT2D eigenvalue weighted by Crippen LogP contribution is 2.61. The molecule has 1 aromatic heterocycles. The molecule has 4 atom stereocenters. The van der Waals surface area contributed by atoms with Crippen molar-refractivity contribution in [2.24, 2.45) is 11.8 Å². The second kappa shape index (κ2) is 9.54. The SMILES string of the molecule is Cc1cc(OCCC(C)O)cc(C)c1-c1ccc(F)c(COc2cc3c(cn2)[C@H]2[C@@H](C3)[C@@H]2C(=O)O)c1. The molecule has 0 radical (unpaired) electrons. The van der Waals surface area contributed by atoms with Gasteiger partial charge in [-0.15, -0.1) is 0 Å². The Bertz CT molecular complexity index is 1300. The molecule has 5 rings (SSSR count). The van der Waals surface area contributed by atoms with Crippen molar-refractivity contribution in [1.29, 1.82) is 0 Å². The van der Waals surface area contributed by atoms with Crippen LogP contribution in [0.1, 0.15) is 47.1 Å². The van der Waals surface area contributed by atoms with Crippen LogP contribution < -0.4 is 9.47 Å². The first-order valence-electron chi connectivity index (χ1n) is 12.3. The minimum atomic E-state index is -0.740. The topological polar surface area (TPSA) is 88.9 Å². The zero-order chi connectivity index (χ0) is 25.6. The van der Waals surface area contributed by atoms with Gasteiger partial charge in [0.1, 0.15) is 18.2 Å². The lowest BCUT2D eigenvalue weighted by Gasteiger charge is -2.16. The summed E-state index contributed by atoms with van der Waals surface area (Å²) >= 11 is 0. The van der Waals surface area contributed by atoms with Crippen molar-refractivity contribution in [2.75, 3.05) is 6.61 Å². The number of aliphatic hydroxyl groups excluding tert-OH is 1. The van der Waals surface area contributed by atoms with Gasteiger partial charge >= 0.3 is 5.97 Å². The van der Waals surface area contributed by atoms with Crippen molar-refractivity contribution < 1.29 is 28.9 Å². The van der Waals surface area contributed by atoms with Gasteiger partial charge in [0, 0.05) is 30.2 Å². The second-order valence-corrected chi connectivity index (χ2v) is 9.99. The van der Waals surface area contributed by atoms with Crippen molar-refractivity contribution in [3.8, 4) is 22.8 Å². The van der Waals surface area contributed by atoms with Crippen LogP contribution in [0.4, 0.5) is 4.39 Å². The Morgan fingerprint density at radius 2 is 1.92 bits per heavy atom. The Labute approximate surface area is 209 Å². The largest absolute Gasteiger partial charge is 0.493 e. The number of fused-ring (bicyclic) bond motifs is 3. The first kappa shape index (κ1) is 24.3. The Kier molecular flexibility index (Phi) is 6.43. The summed E-state index contributed by atoms with van der Waals surface area (Å²) in [6.07, 6.45) is 2.58. The monoisotopic (exact) mass is 491 g/mol. The molecule has 0 aliphatic heterocycles.